The molecular formula is C13H12O3. The quantitative estimate of drug-likeness (QED) is 0.606. The van der Waals surface area contributed by atoms with Crippen molar-refractivity contribution in [3.05, 3.63) is 48.6 Å². The van der Waals surface area contributed by atoms with Gasteiger partial charge in [-0.15, -0.1) is 0 Å². The number of carbonyl (C=O) groups excluding carboxylic acids is 2. The molecule has 1 rings (SSSR count). The highest BCUT2D eigenvalue weighted by Gasteiger charge is 2.02. The Morgan fingerprint density at radius 3 is 2.56 bits per heavy atom. The summed E-state index contributed by atoms with van der Waals surface area (Å²) in [5, 5.41) is 9.41. The lowest BCUT2D eigenvalue weighted by atomic mass is 10.1. The summed E-state index contributed by atoms with van der Waals surface area (Å²) >= 11 is 0. The second kappa shape index (κ2) is 5.66. The minimum Gasteiger partial charge on any atom is -0.507 e. The number of phenolic OH excluding ortho intramolecular Hbond substituents is 1. The molecule has 0 saturated carbocycles. The third-order valence-corrected chi connectivity index (χ3v) is 1.96. The lowest BCUT2D eigenvalue weighted by Gasteiger charge is -1.96. The van der Waals surface area contributed by atoms with E-state index in [1.54, 1.807) is 18.2 Å². The summed E-state index contributed by atoms with van der Waals surface area (Å²) in [5.74, 6) is -0.526. The van der Waals surface area contributed by atoms with Crippen molar-refractivity contribution in [3.63, 3.8) is 0 Å². The summed E-state index contributed by atoms with van der Waals surface area (Å²) in [6, 6.07) is 6.64. The molecule has 0 aliphatic rings. The van der Waals surface area contributed by atoms with Gasteiger partial charge in [-0.3, -0.25) is 9.59 Å². The number of phenols is 1. The molecule has 0 unspecified atom stereocenters. The fourth-order valence-corrected chi connectivity index (χ4v) is 1.11. The SMILES string of the molecule is C=CC(=O)CC(=O)C=Cc1ccccc1O. The van der Waals surface area contributed by atoms with Crippen LogP contribution in [0.5, 0.6) is 5.75 Å². The Labute approximate surface area is 93.7 Å². The van der Waals surface area contributed by atoms with E-state index in [0.717, 1.165) is 6.08 Å². The monoisotopic (exact) mass is 216 g/mol. The third kappa shape index (κ3) is 3.53. The molecule has 1 N–H and O–H groups in total. The average Bonchev–Trinajstić information content (AvgIpc) is 2.28. The number of rotatable bonds is 5. The smallest absolute Gasteiger partial charge is 0.163 e. The van der Waals surface area contributed by atoms with Crippen LogP contribution in [0.4, 0.5) is 0 Å². The van der Waals surface area contributed by atoms with Crippen LogP contribution >= 0.6 is 0 Å². The van der Waals surface area contributed by atoms with Gasteiger partial charge in [0.05, 0.1) is 6.42 Å². The molecule has 82 valence electrons. The van der Waals surface area contributed by atoms with Crippen LogP contribution in [0.1, 0.15) is 12.0 Å². The molecule has 0 bridgehead atoms. The summed E-state index contributed by atoms with van der Waals surface area (Å²) in [6.07, 6.45) is 3.68. The molecule has 3 heteroatoms. The van der Waals surface area contributed by atoms with Gasteiger partial charge in [0.2, 0.25) is 0 Å². The molecule has 0 radical (unpaired) electrons. The first kappa shape index (κ1) is 11.9. The maximum atomic E-state index is 11.3. The molecule has 0 aliphatic carbocycles. The van der Waals surface area contributed by atoms with Crippen LogP contribution in [0.15, 0.2) is 43.0 Å². The van der Waals surface area contributed by atoms with Crippen LogP contribution < -0.4 is 0 Å². The van der Waals surface area contributed by atoms with Gasteiger partial charge >= 0.3 is 0 Å². The van der Waals surface area contributed by atoms with E-state index in [-0.39, 0.29) is 23.7 Å². The van der Waals surface area contributed by atoms with Crippen molar-refractivity contribution in [2.24, 2.45) is 0 Å². The van der Waals surface area contributed by atoms with Crippen molar-refractivity contribution in [1.82, 2.24) is 0 Å². The van der Waals surface area contributed by atoms with E-state index in [9.17, 15) is 14.7 Å². The van der Waals surface area contributed by atoms with Crippen LogP contribution in [0, 0.1) is 0 Å². The predicted octanol–water partition coefficient (Wildman–Crippen LogP) is 2.12. The predicted molar refractivity (Wildman–Crippen MR) is 62.0 cm³/mol. The topological polar surface area (TPSA) is 54.4 Å². The van der Waals surface area contributed by atoms with E-state index >= 15 is 0 Å². The van der Waals surface area contributed by atoms with Crippen molar-refractivity contribution in [2.75, 3.05) is 0 Å². The largest absolute Gasteiger partial charge is 0.507 e. The van der Waals surface area contributed by atoms with Crippen LogP contribution in [-0.2, 0) is 9.59 Å². The minimum atomic E-state index is -0.313. The van der Waals surface area contributed by atoms with Gasteiger partial charge in [0.15, 0.2) is 11.6 Å². The number of allylic oxidation sites excluding steroid dienone is 2. The molecule has 0 atom stereocenters. The molecule has 3 nitrogen and oxygen atoms in total. The zero-order valence-corrected chi connectivity index (χ0v) is 8.72. The van der Waals surface area contributed by atoms with Gasteiger partial charge in [-0.25, -0.2) is 0 Å². The van der Waals surface area contributed by atoms with Gasteiger partial charge in [0, 0.05) is 5.56 Å². The van der Waals surface area contributed by atoms with Gasteiger partial charge in [0.25, 0.3) is 0 Å². The van der Waals surface area contributed by atoms with E-state index in [1.165, 1.54) is 18.2 Å². The van der Waals surface area contributed by atoms with Gasteiger partial charge in [0.1, 0.15) is 5.75 Å². The van der Waals surface area contributed by atoms with Crippen molar-refractivity contribution in [3.8, 4) is 5.75 Å². The Morgan fingerprint density at radius 2 is 1.94 bits per heavy atom. The fourth-order valence-electron chi connectivity index (χ4n) is 1.11. The van der Waals surface area contributed by atoms with Crippen molar-refractivity contribution in [1.29, 1.82) is 0 Å². The summed E-state index contributed by atoms with van der Waals surface area (Å²) < 4.78 is 0. The Balaban J connectivity index is 2.67. The normalized spacial score (nSPS) is 10.2. The number of aromatic hydroxyl groups is 1. The van der Waals surface area contributed by atoms with E-state index in [1.807, 2.05) is 0 Å². The highest BCUT2D eigenvalue weighted by Crippen LogP contribution is 2.16. The lowest BCUT2D eigenvalue weighted by Crippen LogP contribution is -2.01. The molecule has 0 saturated heterocycles. The Bertz CT molecular complexity index is 444. The first-order valence-electron chi connectivity index (χ1n) is 4.77. The molecule has 0 amide bonds. The fraction of sp³-hybridized carbons (Fsp3) is 0.0769. The zero-order chi connectivity index (χ0) is 12.0. The average molecular weight is 216 g/mol. The number of benzene rings is 1. The van der Waals surface area contributed by atoms with Crippen molar-refractivity contribution >= 4 is 17.6 Å². The van der Waals surface area contributed by atoms with Crippen molar-refractivity contribution < 1.29 is 14.7 Å². The van der Waals surface area contributed by atoms with Crippen LogP contribution in [-0.4, -0.2) is 16.7 Å². The summed E-state index contributed by atoms with van der Waals surface area (Å²) in [7, 11) is 0. The Hall–Kier alpha value is -2.16. The second-order valence-corrected chi connectivity index (χ2v) is 3.21. The third-order valence-electron chi connectivity index (χ3n) is 1.96. The second-order valence-electron chi connectivity index (χ2n) is 3.21. The summed E-state index contributed by atoms with van der Waals surface area (Å²) in [6.45, 7) is 3.28. The first-order chi connectivity index (χ1) is 7.63. The van der Waals surface area contributed by atoms with Gasteiger partial charge in [-0.05, 0) is 24.3 Å². The molecular weight excluding hydrogens is 204 g/mol. The maximum Gasteiger partial charge on any atom is 0.163 e. The van der Waals surface area contributed by atoms with Gasteiger partial charge in [-0.2, -0.15) is 0 Å². The molecule has 0 spiro atoms. The van der Waals surface area contributed by atoms with E-state index < -0.39 is 0 Å². The zero-order valence-electron chi connectivity index (χ0n) is 8.72. The standard InChI is InChI=1S/C13H12O3/c1-2-11(14)9-12(15)8-7-10-5-3-4-6-13(10)16/h2-8,16H,1,9H2. The molecule has 0 aromatic heterocycles. The molecule has 16 heavy (non-hydrogen) atoms. The number of hydrogen-bond acceptors (Lipinski definition) is 3. The lowest BCUT2D eigenvalue weighted by molar-refractivity contribution is -0.121. The molecule has 1 aromatic rings. The van der Waals surface area contributed by atoms with Crippen LogP contribution in [0.2, 0.25) is 0 Å². The summed E-state index contributed by atoms with van der Waals surface area (Å²) in [5.41, 5.74) is 0.543. The Kier molecular flexibility index (Phi) is 4.21. The maximum absolute atomic E-state index is 11.3. The summed E-state index contributed by atoms with van der Waals surface area (Å²) in [4.78, 5) is 22.1. The van der Waals surface area contributed by atoms with Gasteiger partial charge in [-0.1, -0.05) is 24.8 Å². The number of hydrogen-bond donors (Lipinski definition) is 1. The van der Waals surface area contributed by atoms with E-state index in [4.69, 9.17) is 0 Å². The minimum absolute atomic E-state index is 0.0987. The first-order valence-corrected chi connectivity index (χ1v) is 4.77. The van der Waals surface area contributed by atoms with Gasteiger partial charge < -0.3 is 5.11 Å². The highest BCUT2D eigenvalue weighted by atomic mass is 16.3. The number of carbonyl (C=O) groups is 2. The molecule has 0 aliphatic heterocycles. The molecule has 0 heterocycles. The Morgan fingerprint density at radius 1 is 1.25 bits per heavy atom. The number of para-hydroxylation sites is 1. The van der Waals surface area contributed by atoms with E-state index in [0.29, 0.717) is 5.56 Å². The molecule has 0 fully saturated rings. The van der Waals surface area contributed by atoms with Crippen LogP contribution in [0.25, 0.3) is 6.08 Å². The van der Waals surface area contributed by atoms with Crippen LogP contribution in [0.3, 0.4) is 0 Å². The number of ketones is 2. The molecule has 1 aromatic carbocycles. The highest BCUT2D eigenvalue weighted by molar-refractivity contribution is 6.09. The van der Waals surface area contributed by atoms with Crippen molar-refractivity contribution in [2.45, 2.75) is 6.42 Å². The van der Waals surface area contributed by atoms with E-state index in [2.05, 4.69) is 6.58 Å².